The van der Waals surface area contributed by atoms with E-state index in [1.807, 2.05) is 0 Å². The smallest absolute Gasteiger partial charge is 0.525 e. The first-order valence-corrected chi connectivity index (χ1v) is 4.69. The summed E-state index contributed by atoms with van der Waals surface area (Å²) in [6.07, 6.45) is 2.11. The zero-order valence-electron chi connectivity index (χ0n) is 8.11. The Hall–Kier alpha value is -1.64. The van der Waals surface area contributed by atoms with Crippen molar-refractivity contribution in [2.75, 3.05) is 6.61 Å². The molecule has 0 unspecified atom stereocenters. The van der Waals surface area contributed by atoms with E-state index >= 15 is 0 Å². The van der Waals surface area contributed by atoms with Gasteiger partial charge in [0.15, 0.2) is 0 Å². The average molecular weight is 225 g/mol. The molecular formula is C10H9ClN2O2. The van der Waals surface area contributed by atoms with Gasteiger partial charge in [-0.3, -0.25) is 0 Å². The van der Waals surface area contributed by atoms with E-state index in [1.165, 1.54) is 0 Å². The SMILES string of the molecule is CCOC(=O)[C+]=N[N-]c1ccc(Cl)cc1. The molecule has 0 N–H and O–H groups in total. The Balaban J connectivity index is 2.43. The average Bonchev–Trinajstić information content (AvgIpc) is 2.21. The summed E-state index contributed by atoms with van der Waals surface area (Å²) in [7, 11) is 0. The van der Waals surface area contributed by atoms with E-state index in [2.05, 4.69) is 21.5 Å². The Bertz CT molecular complexity index is 349. The number of esters is 1. The molecule has 0 radical (unpaired) electrons. The summed E-state index contributed by atoms with van der Waals surface area (Å²) in [4.78, 5) is 10.8. The number of rotatable bonds is 4. The minimum absolute atomic E-state index is 0.294. The van der Waals surface area contributed by atoms with E-state index in [4.69, 9.17) is 11.6 Å². The molecule has 0 saturated heterocycles. The van der Waals surface area contributed by atoms with Gasteiger partial charge in [-0.25, -0.2) is 0 Å². The molecule has 0 amide bonds. The molecule has 0 aromatic heterocycles. The molecule has 0 atom stereocenters. The summed E-state index contributed by atoms with van der Waals surface area (Å²) in [6, 6.07) is 6.72. The number of carbonyl (C=O) groups is 1. The highest BCUT2D eigenvalue weighted by molar-refractivity contribution is 6.30. The van der Waals surface area contributed by atoms with E-state index in [1.54, 1.807) is 31.2 Å². The fraction of sp³-hybridized carbons (Fsp3) is 0.200. The standard InChI is InChI=1S/C10H9ClN2O2/c1-2-15-10(14)7-12-13-9-5-3-8(11)4-6-9/h3-6H,2H2,1H3. The molecule has 5 heteroatoms. The lowest BCUT2D eigenvalue weighted by molar-refractivity contribution is -0.134. The maximum Gasteiger partial charge on any atom is 0.616 e. The zero-order valence-corrected chi connectivity index (χ0v) is 8.86. The number of benzene rings is 1. The fourth-order valence-corrected chi connectivity index (χ4v) is 0.921. The van der Waals surface area contributed by atoms with Crippen LogP contribution >= 0.6 is 11.6 Å². The highest BCUT2D eigenvalue weighted by atomic mass is 35.5. The third-order valence-electron chi connectivity index (χ3n) is 1.41. The van der Waals surface area contributed by atoms with Gasteiger partial charge >= 0.3 is 12.2 Å². The minimum Gasteiger partial charge on any atom is -0.525 e. The molecule has 0 aliphatic carbocycles. The van der Waals surface area contributed by atoms with Crippen LogP contribution in [0.1, 0.15) is 6.92 Å². The zero-order chi connectivity index (χ0) is 11.1. The molecule has 0 aliphatic heterocycles. The molecule has 0 fully saturated rings. The van der Waals surface area contributed by atoms with Crippen molar-refractivity contribution in [1.82, 2.24) is 0 Å². The summed E-state index contributed by atoms with van der Waals surface area (Å²) in [6.45, 7) is 2.00. The number of ether oxygens (including phenoxy) is 1. The summed E-state index contributed by atoms with van der Waals surface area (Å²) in [5, 5.41) is 4.07. The molecule has 0 bridgehead atoms. The van der Waals surface area contributed by atoms with Crippen LogP contribution in [-0.4, -0.2) is 18.8 Å². The van der Waals surface area contributed by atoms with Crippen molar-refractivity contribution >= 4 is 29.5 Å². The van der Waals surface area contributed by atoms with Crippen LogP contribution in [-0.2, 0) is 9.53 Å². The van der Waals surface area contributed by atoms with Crippen molar-refractivity contribution in [3.8, 4) is 0 Å². The van der Waals surface area contributed by atoms with Crippen LogP contribution in [0, 0.1) is 0 Å². The van der Waals surface area contributed by atoms with Crippen molar-refractivity contribution in [2.24, 2.45) is 5.10 Å². The molecule has 78 valence electrons. The Morgan fingerprint density at radius 2 is 2.20 bits per heavy atom. The Morgan fingerprint density at radius 3 is 2.80 bits per heavy atom. The molecule has 0 heterocycles. The summed E-state index contributed by atoms with van der Waals surface area (Å²) < 4.78 is 4.57. The van der Waals surface area contributed by atoms with Gasteiger partial charge in [-0.2, -0.15) is 4.79 Å². The Morgan fingerprint density at radius 1 is 1.53 bits per heavy atom. The third kappa shape index (κ3) is 4.40. The third-order valence-corrected chi connectivity index (χ3v) is 1.66. The molecule has 15 heavy (non-hydrogen) atoms. The van der Waals surface area contributed by atoms with Crippen LogP contribution in [0.15, 0.2) is 29.4 Å². The quantitative estimate of drug-likeness (QED) is 0.342. The first kappa shape index (κ1) is 11.4. The van der Waals surface area contributed by atoms with Gasteiger partial charge in [0.2, 0.25) is 0 Å². The van der Waals surface area contributed by atoms with Crippen molar-refractivity contribution in [3.05, 3.63) is 34.7 Å². The van der Waals surface area contributed by atoms with Crippen LogP contribution in [0.4, 0.5) is 5.69 Å². The van der Waals surface area contributed by atoms with Gasteiger partial charge in [-0.15, -0.1) is 5.69 Å². The van der Waals surface area contributed by atoms with E-state index in [0.717, 1.165) is 0 Å². The lowest BCUT2D eigenvalue weighted by Crippen LogP contribution is -2.04. The molecule has 1 rings (SSSR count). The van der Waals surface area contributed by atoms with Crippen LogP contribution in [0.5, 0.6) is 0 Å². The highest BCUT2D eigenvalue weighted by Gasteiger charge is 2.12. The van der Waals surface area contributed by atoms with Crippen LogP contribution in [0.3, 0.4) is 0 Å². The van der Waals surface area contributed by atoms with Gasteiger partial charge in [0.25, 0.3) is 0 Å². The summed E-state index contributed by atoms with van der Waals surface area (Å²) in [5.41, 5.74) is 4.32. The van der Waals surface area contributed by atoms with E-state index < -0.39 is 5.97 Å². The largest absolute Gasteiger partial charge is 0.616 e. The van der Waals surface area contributed by atoms with Gasteiger partial charge in [0, 0.05) is 5.02 Å². The summed E-state index contributed by atoms with van der Waals surface area (Å²) >= 11 is 5.68. The number of hydrogen-bond donors (Lipinski definition) is 0. The van der Waals surface area contributed by atoms with Crippen molar-refractivity contribution in [3.63, 3.8) is 0 Å². The molecule has 1 aromatic rings. The van der Waals surface area contributed by atoms with E-state index in [-0.39, 0.29) is 0 Å². The van der Waals surface area contributed by atoms with Crippen LogP contribution in [0.25, 0.3) is 5.43 Å². The first-order valence-electron chi connectivity index (χ1n) is 4.31. The van der Waals surface area contributed by atoms with Crippen molar-refractivity contribution in [1.29, 1.82) is 0 Å². The predicted octanol–water partition coefficient (Wildman–Crippen LogP) is 2.77. The van der Waals surface area contributed by atoms with Crippen LogP contribution < -0.4 is 0 Å². The second-order valence-corrected chi connectivity index (χ2v) is 2.95. The van der Waals surface area contributed by atoms with Gasteiger partial charge < -0.3 is 10.2 Å². The Labute approximate surface area is 92.9 Å². The van der Waals surface area contributed by atoms with E-state index in [9.17, 15) is 4.79 Å². The normalized spacial score (nSPS) is 9.73. The topological polar surface area (TPSA) is 52.8 Å². The van der Waals surface area contributed by atoms with Crippen molar-refractivity contribution in [2.45, 2.75) is 6.92 Å². The number of carbonyl (C=O) groups excluding carboxylic acids is 1. The second kappa shape index (κ2) is 5.96. The van der Waals surface area contributed by atoms with E-state index in [0.29, 0.717) is 17.3 Å². The van der Waals surface area contributed by atoms with Gasteiger partial charge in [0.05, 0.1) is 6.61 Å². The first-order chi connectivity index (χ1) is 7.22. The maximum absolute atomic E-state index is 10.8. The second-order valence-electron chi connectivity index (χ2n) is 2.51. The Kier molecular flexibility index (Phi) is 4.54. The molecular weight excluding hydrogens is 216 g/mol. The van der Waals surface area contributed by atoms with Gasteiger partial charge in [-0.05, 0) is 19.1 Å². The van der Waals surface area contributed by atoms with Crippen LogP contribution in [0.2, 0.25) is 5.02 Å². The molecule has 4 nitrogen and oxygen atoms in total. The molecule has 0 saturated carbocycles. The monoisotopic (exact) mass is 224 g/mol. The molecule has 0 spiro atoms. The van der Waals surface area contributed by atoms with Gasteiger partial charge in [0.1, 0.15) is 0 Å². The summed E-state index contributed by atoms with van der Waals surface area (Å²) in [5.74, 6) is -0.629. The van der Waals surface area contributed by atoms with Gasteiger partial charge in [-0.1, -0.05) is 28.8 Å². The highest BCUT2D eigenvalue weighted by Crippen LogP contribution is 2.20. The molecule has 0 aliphatic rings. The maximum atomic E-state index is 10.8. The predicted molar refractivity (Wildman–Crippen MR) is 58.5 cm³/mol. The lowest BCUT2D eigenvalue weighted by Gasteiger charge is -2.07. The minimum atomic E-state index is -0.629. The number of hydrogen-bond acceptors (Lipinski definition) is 3. The molecule has 1 aromatic carbocycles. The van der Waals surface area contributed by atoms with Crippen molar-refractivity contribution < 1.29 is 9.53 Å². The number of nitrogens with zero attached hydrogens (tertiary/aromatic N) is 2. The number of halogens is 1. The lowest BCUT2D eigenvalue weighted by atomic mass is 10.3. The fourth-order valence-electron chi connectivity index (χ4n) is 0.795.